The van der Waals surface area contributed by atoms with Crippen LogP contribution in [0.3, 0.4) is 0 Å². The number of carbonyl (C=O) groups is 1. The maximum absolute atomic E-state index is 13.1. The van der Waals surface area contributed by atoms with Crippen molar-refractivity contribution >= 4 is 5.91 Å². The largest absolute Gasteiger partial charge is 0.342 e. The Hall–Kier alpha value is -1.42. The molecule has 1 aromatic heterocycles. The number of hydrogen-bond donors (Lipinski definition) is 0. The number of hydrogen-bond acceptors (Lipinski definition) is 3. The fourth-order valence-corrected chi connectivity index (χ4v) is 4.36. The summed E-state index contributed by atoms with van der Waals surface area (Å²) in [6, 6.07) is 4.17. The average molecular weight is 329 g/mol. The number of carbonyl (C=O) groups excluding carboxylic acids is 1. The molecule has 2 saturated heterocycles. The first-order valence-electron chi connectivity index (χ1n) is 9.51. The zero-order valence-corrected chi connectivity index (χ0v) is 15.2. The van der Waals surface area contributed by atoms with Gasteiger partial charge in [-0.25, -0.2) is 0 Å². The summed E-state index contributed by atoms with van der Waals surface area (Å²) in [7, 11) is 0. The van der Waals surface area contributed by atoms with E-state index in [4.69, 9.17) is 0 Å². The summed E-state index contributed by atoms with van der Waals surface area (Å²) in [6.45, 7) is 9.34. The van der Waals surface area contributed by atoms with E-state index in [1.54, 1.807) is 0 Å². The van der Waals surface area contributed by atoms with E-state index in [9.17, 15) is 4.79 Å². The lowest BCUT2D eigenvalue weighted by Gasteiger charge is -2.43. The van der Waals surface area contributed by atoms with Crippen LogP contribution in [-0.2, 0) is 11.2 Å². The third-order valence-electron chi connectivity index (χ3n) is 5.89. The second-order valence-electron chi connectivity index (χ2n) is 7.83. The summed E-state index contributed by atoms with van der Waals surface area (Å²) in [5, 5.41) is 0. The van der Waals surface area contributed by atoms with E-state index in [1.165, 1.54) is 5.56 Å². The van der Waals surface area contributed by atoms with Crippen LogP contribution in [0, 0.1) is 11.3 Å². The van der Waals surface area contributed by atoms with Gasteiger partial charge in [0.25, 0.3) is 0 Å². The van der Waals surface area contributed by atoms with Crippen LogP contribution in [0.15, 0.2) is 24.5 Å². The van der Waals surface area contributed by atoms with Crippen LogP contribution in [0.1, 0.15) is 45.1 Å². The van der Waals surface area contributed by atoms with Crippen LogP contribution in [0.5, 0.6) is 0 Å². The molecule has 0 aliphatic carbocycles. The predicted octanol–water partition coefficient (Wildman–Crippen LogP) is 2.98. The molecule has 0 spiro atoms. The first-order chi connectivity index (χ1) is 11.6. The Bertz CT molecular complexity index is 539. The van der Waals surface area contributed by atoms with Gasteiger partial charge in [0, 0.05) is 32.0 Å². The van der Waals surface area contributed by atoms with Crippen LogP contribution >= 0.6 is 0 Å². The number of rotatable bonds is 4. The highest BCUT2D eigenvalue weighted by atomic mass is 16.2. The van der Waals surface area contributed by atoms with Crippen LogP contribution < -0.4 is 0 Å². The Morgan fingerprint density at radius 3 is 2.79 bits per heavy atom. The van der Waals surface area contributed by atoms with Crippen molar-refractivity contribution in [2.75, 3.05) is 32.7 Å². The normalized spacial score (nSPS) is 26.5. The van der Waals surface area contributed by atoms with Crippen LogP contribution in [0.2, 0.25) is 0 Å². The zero-order valence-electron chi connectivity index (χ0n) is 15.2. The van der Waals surface area contributed by atoms with Crippen molar-refractivity contribution in [1.29, 1.82) is 0 Å². The second kappa shape index (κ2) is 7.64. The molecular formula is C20H31N3O. The molecule has 1 aromatic rings. The van der Waals surface area contributed by atoms with Gasteiger partial charge in [0.15, 0.2) is 0 Å². The molecule has 2 fully saturated rings. The number of aromatic nitrogens is 1. The predicted molar refractivity (Wildman–Crippen MR) is 96.7 cm³/mol. The van der Waals surface area contributed by atoms with Gasteiger partial charge in [-0.05, 0) is 69.7 Å². The van der Waals surface area contributed by atoms with Crippen LogP contribution in [0.25, 0.3) is 0 Å². The maximum atomic E-state index is 13.1. The minimum Gasteiger partial charge on any atom is -0.342 e. The molecule has 132 valence electrons. The maximum Gasteiger partial charge on any atom is 0.229 e. The van der Waals surface area contributed by atoms with E-state index in [0.717, 1.165) is 64.8 Å². The molecule has 4 nitrogen and oxygen atoms in total. The second-order valence-corrected chi connectivity index (χ2v) is 7.83. The van der Waals surface area contributed by atoms with Crippen LogP contribution in [0.4, 0.5) is 0 Å². The molecule has 1 amide bonds. The number of piperidine rings is 2. The van der Waals surface area contributed by atoms with Gasteiger partial charge in [0.1, 0.15) is 0 Å². The molecule has 2 aliphatic heterocycles. The zero-order chi connectivity index (χ0) is 17.0. The molecular weight excluding hydrogens is 298 g/mol. The molecule has 24 heavy (non-hydrogen) atoms. The van der Waals surface area contributed by atoms with Gasteiger partial charge in [-0.15, -0.1) is 0 Å². The highest BCUT2D eigenvalue weighted by molar-refractivity contribution is 5.82. The van der Waals surface area contributed by atoms with Gasteiger partial charge in [0.05, 0.1) is 5.41 Å². The third kappa shape index (κ3) is 3.97. The molecule has 3 heterocycles. The quantitative estimate of drug-likeness (QED) is 0.852. The highest BCUT2D eigenvalue weighted by Gasteiger charge is 2.40. The Kier molecular flexibility index (Phi) is 5.54. The number of pyridine rings is 1. The summed E-state index contributed by atoms with van der Waals surface area (Å²) in [4.78, 5) is 21.9. The Morgan fingerprint density at radius 2 is 2.12 bits per heavy atom. The Labute approximate surface area is 146 Å². The van der Waals surface area contributed by atoms with E-state index in [2.05, 4.69) is 34.7 Å². The van der Waals surface area contributed by atoms with Crippen molar-refractivity contribution in [3.05, 3.63) is 30.1 Å². The summed E-state index contributed by atoms with van der Waals surface area (Å²) in [5.41, 5.74) is 1.14. The third-order valence-corrected chi connectivity index (χ3v) is 5.89. The van der Waals surface area contributed by atoms with E-state index >= 15 is 0 Å². The molecule has 0 aromatic carbocycles. The lowest BCUT2D eigenvalue weighted by Crippen LogP contribution is -2.53. The molecule has 0 radical (unpaired) electrons. The lowest BCUT2D eigenvalue weighted by molar-refractivity contribution is -0.145. The van der Waals surface area contributed by atoms with Gasteiger partial charge in [0.2, 0.25) is 5.91 Å². The van der Waals surface area contributed by atoms with E-state index in [-0.39, 0.29) is 5.41 Å². The molecule has 3 rings (SSSR count). The van der Waals surface area contributed by atoms with Crippen molar-refractivity contribution in [3.63, 3.8) is 0 Å². The summed E-state index contributed by atoms with van der Waals surface area (Å²) in [5.74, 6) is 1.07. The number of likely N-dealkylation sites (tertiary alicyclic amines) is 2. The first kappa shape index (κ1) is 17.4. The Morgan fingerprint density at radius 1 is 1.33 bits per heavy atom. The fourth-order valence-electron chi connectivity index (χ4n) is 4.36. The molecule has 2 aliphatic rings. The van der Waals surface area contributed by atoms with Gasteiger partial charge in [-0.2, -0.15) is 0 Å². The SMILES string of the molecule is CCN1CCC[C@@](C)(C(=O)N2CCC(Cc3cccnc3)CC2)C1. The summed E-state index contributed by atoms with van der Waals surface area (Å²) in [6.07, 6.45) is 9.32. The topological polar surface area (TPSA) is 36.4 Å². The molecule has 1 atom stereocenters. The summed E-state index contributed by atoms with van der Waals surface area (Å²) < 4.78 is 0. The van der Waals surface area contributed by atoms with E-state index in [1.807, 2.05) is 18.5 Å². The number of amides is 1. The molecule has 0 N–H and O–H groups in total. The highest BCUT2D eigenvalue weighted by Crippen LogP contribution is 2.33. The smallest absolute Gasteiger partial charge is 0.229 e. The lowest BCUT2D eigenvalue weighted by atomic mass is 9.79. The molecule has 4 heteroatoms. The number of nitrogens with zero attached hydrogens (tertiary/aromatic N) is 3. The summed E-state index contributed by atoms with van der Waals surface area (Å²) >= 11 is 0. The Balaban J connectivity index is 1.53. The fraction of sp³-hybridized carbons (Fsp3) is 0.700. The minimum atomic E-state index is -0.176. The molecule has 0 unspecified atom stereocenters. The average Bonchev–Trinajstić information content (AvgIpc) is 2.62. The van der Waals surface area contributed by atoms with Gasteiger partial charge >= 0.3 is 0 Å². The monoisotopic (exact) mass is 329 g/mol. The minimum absolute atomic E-state index is 0.176. The van der Waals surface area contributed by atoms with E-state index in [0.29, 0.717) is 11.8 Å². The van der Waals surface area contributed by atoms with Crippen molar-refractivity contribution in [2.24, 2.45) is 11.3 Å². The molecule has 0 bridgehead atoms. The standard InChI is InChI=1S/C20H31N3O/c1-3-22-11-5-9-20(2,16-22)19(24)23-12-7-17(8-13-23)14-18-6-4-10-21-15-18/h4,6,10,15,17H,3,5,7-9,11-14,16H2,1-2H3/t20-/m1/s1. The van der Waals surface area contributed by atoms with Crippen molar-refractivity contribution in [2.45, 2.75) is 46.0 Å². The van der Waals surface area contributed by atoms with Gasteiger partial charge in [-0.1, -0.05) is 13.0 Å². The van der Waals surface area contributed by atoms with Crippen molar-refractivity contribution in [3.8, 4) is 0 Å². The van der Waals surface area contributed by atoms with E-state index < -0.39 is 0 Å². The van der Waals surface area contributed by atoms with Crippen molar-refractivity contribution in [1.82, 2.24) is 14.8 Å². The van der Waals surface area contributed by atoms with Crippen LogP contribution in [-0.4, -0.2) is 53.4 Å². The van der Waals surface area contributed by atoms with Crippen molar-refractivity contribution < 1.29 is 4.79 Å². The molecule has 0 saturated carbocycles. The van der Waals surface area contributed by atoms with Gasteiger partial charge < -0.3 is 9.80 Å². The first-order valence-corrected chi connectivity index (χ1v) is 9.51. The van der Waals surface area contributed by atoms with Gasteiger partial charge in [-0.3, -0.25) is 9.78 Å².